The molecule has 6 atom stereocenters. The van der Waals surface area contributed by atoms with Gasteiger partial charge in [-0.25, -0.2) is 0 Å². The minimum atomic E-state index is -0.361. The van der Waals surface area contributed by atoms with Crippen molar-refractivity contribution in [1.29, 1.82) is 5.26 Å². The first kappa shape index (κ1) is 22.6. The van der Waals surface area contributed by atoms with Gasteiger partial charge in [-0.3, -0.25) is 15.0 Å². The van der Waals surface area contributed by atoms with Gasteiger partial charge in [-0.05, 0) is 50.4 Å². The Morgan fingerprint density at radius 3 is 2.57 bits per heavy atom. The summed E-state index contributed by atoms with van der Waals surface area (Å²) in [5.74, 6) is 1.77. The fourth-order valence-corrected chi connectivity index (χ4v) is 7.06. The number of nitrogens with zero attached hydrogens (tertiary/aromatic N) is 3. The number of carbonyl (C=O) groups excluding carboxylic acids is 1. The molecule has 0 aromatic rings. The van der Waals surface area contributed by atoms with Crippen LogP contribution in [0.25, 0.3) is 0 Å². The zero-order valence-corrected chi connectivity index (χ0v) is 19.4. The van der Waals surface area contributed by atoms with Crippen LogP contribution < -0.4 is 10.6 Å². The van der Waals surface area contributed by atoms with Crippen LogP contribution in [0.4, 0.5) is 0 Å². The highest BCUT2D eigenvalue weighted by molar-refractivity contribution is 6.21. The molecule has 0 bridgehead atoms. The topological polar surface area (TPSA) is 71.4 Å². The molecular weight excluding hydrogens is 421 g/mol. The molecule has 168 valence electrons. The number of rotatable bonds is 3. The first-order chi connectivity index (χ1) is 14.5. The highest BCUT2D eigenvalue weighted by Crippen LogP contribution is 2.45. The number of carbonyl (C=O) groups is 1. The van der Waals surface area contributed by atoms with E-state index in [9.17, 15) is 10.1 Å². The van der Waals surface area contributed by atoms with Gasteiger partial charge in [-0.15, -0.1) is 23.2 Å². The lowest BCUT2D eigenvalue weighted by atomic mass is 9.67. The number of nitrogens with one attached hydrogen (secondary N) is 2. The molecule has 8 heteroatoms. The predicted molar refractivity (Wildman–Crippen MR) is 119 cm³/mol. The number of amides is 1. The van der Waals surface area contributed by atoms with Crippen molar-refractivity contribution >= 4 is 29.1 Å². The van der Waals surface area contributed by atoms with E-state index in [1.165, 1.54) is 12.8 Å². The molecule has 4 aliphatic rings. The minimum Gasteiger partial charge on any atom is -0.324 e. The summed E-state index contributed by atoms with van der Waals surface area (Å²) in [5, 5.41) is 17.6. The molecule has 2 aliphatic heterocycles. The van der Waals surface area contributed by atoms with E-state index in [0.717, 1.165) is 38.9 Å². The first-order valence-corrected chi connectivity index (χ1v) is 12.6. The number of hydrogen-bond acceptors (Lipinski definition) is 5. The quantitative estimate of drug-likeness (QED) is 0.640. The fourth-order valence-electron chi connectivity index (χ4n) is 6.31. The Hall–Kier alpha value is -0.580. The van der Waals surface area contributed by atoms with Crippen molar-refractivity contribution in [3.05, 3.63) is 0 Å². The normalized spacial score (nSPS) is 42.9. The first-order valence-electron chi connectivity index (χ1n) is 11.7. The number of hydrogen-bond donors (Lipinski definition) is 2. The van der Waals surface area contributed by atoms with Crippen LogP contribution in [-0.2, 0) is 4.79 Å². The second kappa shape index (κ2) is 9.92. The maximum absolute atomic E-state index is 12.2. The third-order valence-electron chi connectivity index (χ3n) is 7.97. The van der Waals surface area contributed by atoms with E-state index in [1.807, 2.05) is 6.92 Å². The van der Waals surface area contributed by atoms with E-state index >= 15 is 0 Å². The number of fused-ring (bicyclic) bond motifs is 1. The monoisotopic (exact) mass is 455 g/mol. The van der Waals surface area contributed by atoms with Crippen LogP contribution in [0.2, 0.25) is 0 Å². The van der Waals surface area contributed by atoms with Crippen molar-refractivity contribution < 1.29 is 4.79 Å². The molecule has 0 aromatic carbocycles. The molecule has 0 spiro atoms. The van der Waals surface area contributed by atoms with Gasteiger partial charge in [0.2, 0.25) is 5.91 Å². The molecule has 30 heavy (non-hydrogen) atoms. The number of piperazine rings is 1. The van der Waals surface area contributed by atoms with Crippen molar-refractivity contribution in [3.63, 3.8) is 0 Å². The summed E-state index contributed by atoms with van der Waals surface area (Å²) in [6, 6.07) is 2.42. The molecule has 0 radical (unpaired) electrons. The van der Waals surface area contributed by atoms with Crippen LogP contribution in [-0.4, -0.2) is 71.0 Å². The van der Waals surface area contributed by atoms with Gasteiger partial charge >= 0.3 is 0 Å². The third-order valence-corrected chi connectivity index (χ3v) is 8.91. The molecule has 4 fully saturated rings. The number of alkyl halides is 2. The molecule has 4 rings (SSSR count). The molecule has 2 heterocycles. The van der Waals surface area contributed by atoms with Crippen LogP contribution in [0.15, 0.2) is 0 Å². The van der Waals surface area contributed by atoms with E-state index in [2.05, 4.69) is 21.6 Å². The van der Waals surface area contributed by atoms with Crippen LogP contribution in [0.3, 0.4) is 0 Å². The Balaban J connectivity index is 1.45. The molecule has 1 amide bonds. The molecule has 2 saturated carbocycles. The van der Waals surface area contributed by atoms with Gasteiger partial charge in [0.1, 0.15) is 6.04 Å². The fraction of sp³-hybridized carbons (Fsp3) is 0.909. The Morgan fingerprint density at radius 1 is 1.10 bits per heavy atom. The van der Waals surface area contributed by atoms with E-state index in [-0.39, 0.29) is 23.5 Å². The molecule has 6 unspecified atom stereocenters. The van der Waals surface area contributed by atoms with E-state index < -0.39 is 0 Å². The summed E-state index contributed by atoms with van der Waals surface area (Å²) in [5.41, 5.74) is 0. The zero-order valence-electron chi connectivity index (χ0n) is 17.9. The van der Waals surface area contributed by atoms with Crippen molar-refractivity contribution in [1.82, 2.24) is 20.4 Å². The highest BCUT2D eigenvalue weighted by atomic mass is 35.5. The molecule has 2 aliphatic carbocycles. The van der Waals surface area contributed by atoms with Crippen LogP contribution >= 0.6 is 23.2 Å². The summed E-state index contributed by atoms with van der Waals surface area (Å²) >= 11 is 13.3. The largest absolute Gasteiger partial charge is 0.324 e. The lowest BCUT2D eigenvalue weighted by Crippen LogP contribution is -2.69. The van der Waals surface area contributed by atoms with Gasteiger partial charge in [0.05, 0.1) is 12.2 Å². The van der Waals surface area contributed by atoms with E-state index in [1.54, 1.807) is 4.90 Å². The Labute approximate surface area is 190 Å². The van der Waals surface area contributed by atoms with Gasteiger partial charge in [0.25, 0.3) is 0 Å². The molecule has 6 nitrogen and oxygen atoms in total. The Bertz CT molecular complexity index is 650. The maximum Gasteiger partial charge on any atom is 0.223 e. The van der Waals surface area contributed by atoms with Crippen molar-refractivity contribution in [2.24, 2.45) is 17.8 Å². The highest BCUT2D eigenvalue weighted by Gasteiger charge is 2.47. The average Bonchev–Trinajstić information content (AvgIpc) is 2.78. The van der Waals surface area contributed by atoms with Gasteiger partial charge in [0, 0.05) is 55.4 Å². The maximum atomic E-state index is 12.2. The summed E-state index contributed by atoms with van der Waals surface area (Å²) < 4.78 is 0. The van der Waals surface area contributed by atoms with E-state index in [4.69, 9.17) is 23.2 Å². The number of halogens is 2. The smallest absolute Gasteiger partial charge is 0.223 e. The standard InChI is InChI=1S/C22H35Cl2N5O/c1-2-21(30)29-8-7-28(12-16(29)11-25)22-18-9-17(14-3-5-15(23)6-4-14)19(24)10-20(18)26-13-27-22/h14-20,22,26-27H,2-10,12-13H2,1H3. The lowest BCUT2D eigenvalue weighted by molar-refractivity contribution is -0.135. The molecule has 0 aromatic heterocycles. The molecular formula is C22H35Cl2N5O. The van der Waals surface area contributed by atoms with Crippen LogP contribution in [0.5, 0.6) is 0 Å². The number of nitriles is 1. The predicted octanol–water partition coefficient (Wildman–Crippen LogP) is 2.71. The summed E-state index contributed by atoms with van der Waals surface area (Å²) in [6.07, 6.45) is 7.42. The van der Waals surface area contributed by atoms with Crippen LogP contribution in [0.1, 0.15) is 51.9 Å². The second-order valence-electron chi connectivity index (χ2n) is 9.54. The minimum absolute atomic E-state index is 0.0787. The van der Waals surface area contributed by atoms with Gasteiger partial charge in [0.15, 0.2) is 0 Å². The lowest BCUT2D eigenvalue weighted by Gasteiger charge is -2.53. The molecule has 2 saturated heterocycles. The zero-order chi connectivity index (χ0) is 21.3. The van der Waals surface area contributed by atoms with Gasteiger partial charge in [-0.2, -0.15) is 5.26 Å². The SMILES string of the molecule is CCC(=O)N1CCN(C2NCNC3CC(Cl)C(C4CCC(Cl)CC4)CC32)CC1C#N. The van der Waals surface area contributed by atoms with Crippen molar-refractivity contribution in [2.75, 3.05) is 26.3 Å². The van der Waals surface area contributed by atoms with Gasteiger partial charge < -0.3 is 10.2 Å². The Kier molecular flexibility index (Phi) is 7.47. The summed E-state index contributed by atoms with van der Waals surface area (Å²) in [7, 11) is 0. The second-order valence-corrected chi connectivity index (χ2v) is 10.7. The van der Waals surface area contributed by atoms with E-state index in [0.29, 0.717) is 48.7 Å². The Morgan fingerprint density at radius 2 is 1.87 bits per heavy atom. The molecule has 2 N–H and O–H groups in total. The van der Waals surface area contributed by atoms with Crippen molar-refractivity contribution in [3.8, 4) is 6.07 Å². The third kappa shape index (κ3) is 4.61. The summed E-state index contributed by atoms with van der Waals surface area (Å²) in [6.45, 7) is 4.70. The van der Waals surface area contributed by atoms with Crippen LogP contribution in [0, 0.1) is 29.1 Å². The average molecular weight is 456 g/mol. The summed E-state index contributed by atoms with van der Waals surface area (Å²) in [4.78, 5) is 16.4. The van der Waals surface area contributed by atoms with Gasteiger partial charge in [-0.1, -0.05) is 6.92 Å². The van der Waals surface area contributed by atoms with Crippen molar-refractivity contribution in [2.45, 2.75) is 80.9 Å².